The minimum absolute atomic E-state index is 0.386. The third kappa shape index (κ3) is 2.76. The molecule has 16 heavy (non-hydrogen) atoms. The van der Waals surface area contributed by atoms with Crippen LogP contribution in [-0.2, 0) is 6.61 Å². The van der Waals surface area contributed by atoms with E-state index in [1.807, 2.05) is 19.1 Å². The Labute approximate surface area is 102 Å². The van der Waals surface area contributed by atoms with Crippen molar-refractivity contribution >= 4 is 15.9 Å². The van der Waals surface area contributed by atoms with Gasteiger partial charge >= 0.3 is 0 Å². The Morgan fingerprint density at radius 3 is 2.88 bits per heavy atom. The van der Waals surface area contributed by atoms with Gasteiger partial charge in [-0.15, -0.1) is 0 Å². The van der Waals surface area contributed by atoms with Gasteiger partial charge in [0.2, 0.25) is 0 Å². The van der Waals surface area contributed by atoms with Gasteiger partial charge in [-0.3, -0.25) is 9.97 Å². The normalized spacial score (nSPS) is 10.1. The molecule has 0 aliphatic heterocycles. The molecule has 0 amide bonds. The molecule has 82 valence electrons. The molecule has 5 heteroatoms. The molecule has 0 saturated carbocycles. The summed E-state index contributed by atoms with van der Waals surface area (Å²) in [6.45, 7) is 2.31. The zero-order valence-electron chi connectivity index (χ0n) is 8.72. The van der Waals surface area contributed by atoms with E-state index in [1.165, 1.54) is 0 Å². The maximum absolute atomic E-state index is 5.57. The number of nitrogens with zero attached hydrogens (tertiary/aromatic N) is 3. The summed E-state index contributed by atoms with van der Waals surface area (Å²) in [5, 5.41) is 0. The molecule has 0 aliphatic rings. The number of rotatable bonds is 3. The van der Waals surface area contributed by atoms with Gasteiger partial charge in [0.25, 0.3) is 0 Å². The fourth-order valence-electron chi connectivity index (χ4n) is 1.18. The largest absolute Gasteiger partial charge is 0.484 e. The Balaban J connectivity index is 2.05. The van der Waals surface area contributed by atoms with E-state index in [0.29, 0.717) is 17.0 Å². The molecule has 4 nitrogen and oxygen atoms in total. The van der Waals surface area contributed by atoms with E-state index in [9.17, 15) is 0 Å². The van der Waals surface area contributed by atoms with E-state index in [-0.39, 0.29) is 0 Å². The molecule has 0 N–H and O–H groups in total. The lowest BCUT2D eigenvalue weighted by molar-refractivity contribution is 0.297. The second-order valence-corrected chi connectivity index (χ2v) is 3.98. The maximum atomic E-state index is 5.57. The van der Waals surface area contributed by atoms with Crippen LogP contribution in [-0.4, -0.2) is 15.0 Å². The molecule has 2 aromatic rings. The number of aromatic nitrogens is 3. The molecule has 0 saturated heterocycles. The summed E-state index contributed by atoms with van der Waals surface area (Å²) in [5.41, 5.74) is 1.73. The molecule has 0 aromatic carbocycles. The lowest BCUT2D eigenvalue weighted by Crippen LogP contribution is -1.99. The summed E-state index contributed by atoms with van der Waals surface area (Å²) in [5.74, 6) is 0.705. The van der Waals surface area contributed by atoms with Crippen molar-refractivity contribution in [1.82, 2.24) is 15.0 Å². The molecule has 0 unspecified atom stereocenters. The zero-order chi connectivity index (χ0) is 11.4. The first-order valence-electron chi connectivity index (χ1n) is 4.76. The standard InChI is InChI=1S/C11H10BrN3O/c1-8-2-3-10(11(12)15-8)16-7-9-6-13-4-5-14-9/h2-6H,7H2,1H3. The van der Waals surface area contributed by atoms with Gasteiger partial charge in [-0.25, -0.2) is 4.98 Å². The van der Waals surface area contributed by atoms with Crippen LogP contribution >= 0.6 is 15.9 Å². The van der Waals surface area contributed by atoms with Crippen molar-refractivity contribution in [3.8, 4) is 5.75 Å². The molecule has 0 aliphatic carbocycles. The molecule has 0 bridgehead atoms. The maximum Gasteiger partial charge on any atom is 0.152 e. The molecular weight excluding hydrogens is 270 g/mol. The van der Waals surface area contributed by atoms with E-state index >= 15 is 0 Å². The molecular formula is C11H10BrN3O. The van der Waals surface area contributed by atoms with Crippen LogP contribution in [0.1, 0.15) is 11.4 Å². The number of halogens is 1. The van der Waals surface area contributed by atoms with Crippen LogP contribution in [0.5, 0.6) is 5.75 Å². The second-order valence-electron chi connectivity index (χ2n) is 3.23. The van der Waals surface area contributed by atoms with Gasteiger partial charge in [0.1, 0.15) is 11.2 Å². The molecule has 0 fully saturated rings. The Morgan fingerprint density at radius 2 is 2.19 bits per heavy atom. The summed E-state index contributed by atoms with van der Waals surface area (Å²) < 4.78 is 6.27. The number of ether oxygens (including phenoxy) is 1. The first-order chi connectivity index (χ1) is 7.75. The van der Waals surface area contributed by atoms with Crippen molar-refractivity contribution in [3.05, 3.63) is 46.7 Å². The Bertz CT molecular complexity index is 476. The Hall–Kier alpha value is -1.49. The lowest BCUT2D eigenvalue weighted by Gasteiger charge is -2.07. The summed E-state index contributed by atoms with van der Waals surface area (Å²) >= 11 is 3.35. The van der Waals surface area contributed by atoms with Gasteiger partial charge in [0, 0.05) is 18.1 Å². The van der Waals surface area contributed by atoms with Crippen molar-refractivity contribution < 1.29 is 4.74 Å². The molecule has 2 aromatic heterocycles. The van der Waals surface area contributed by atoms with Crippen LogP contribution in [0.4, 0.5) is 0 Å². The van der Waals surface area contributed by atoms with Crippen molar-refractivity contribution in [1.29, 1.82) is 0 Å². The van der Waals surface area contributed by atoms with E-state index in [0.717, 1.165) is 11.4 Å². The van der Waals surface area contributed by atoms with E-state index < -0.39 is 0 Å². The minimum atomic E-state index is 0.386. The highest BCUT2D eigenvalue weighted by Crippen LogP contribution is 2.23. The van der Waals surface area contributed by atoms with Crippen molar-refractivity contribution in [2.45, 2.75) is 13.5 Å². The predicted molar refractivity (Wildman–Crippen MR) is 63.0 cm³/mol. The fraction of sp³-hybridized carbons (Fsp3) is 0.182. The third-order valence-corrected chi connectivity index (χ3v) is 2.51. The minimum Gasteiger partial charge on any atom is -0.484 e. The number of pyridine rings is 1. The summed E-state index contributed by atoms with van der Waals surface area (Å²) in [7, 11) is 0. The van der Waals surface area contributed by atoms with Gasteiger partial charge < -0.3 is 4.74 Å². The summed E-state index contributed by atoms with van der Waals surface area (Å²) in [6, 6.07) is 3.78. The van der Waals surface area contributed by atoms with Gasteiger partial charge in [0.05, 0.1) is 11.9 Å². The molecule has 0 radical (unpaired) electrons. The van der Waals surface area contributed by atoms with Crippen molar-refractivity contribution in [3.63, 3.8) is 0 Å². The lowest BCUT2D eigenvalue weighted by atomic mass is 10.4. The number of hydrogen-bond acceptors (Lipinski definition) is 4. The van der Waals surface area contributed by atoms with E-state index in [2.05, 4.69) is 30.9 Å². The van der Waals surface area contributed by atoms with Gasteiger partial charge in [-0.05, 0) is 35.0 Å². The zero-order valence-corrected chi connectivity index (χ0v) is 10.3. The van der Waals surface area contributed by atoms with Crippen LogP contribution in [0.3, 0.4) is 0 Å². The number of hydrogen-bond donors (Lipinski definition) is 0. The quantitative estimate of drug-likeness (QED) is 0.810. The smallest absolute Gasteiger partial charge is 0.152 e. The molecule has 0 spiro atoms. The first-order valence-corrected chi connectivity index (χ1v) is 5.56. The monoisotopic (exact) mass is 279 g/mol. The first kappa shape index (κ1) is 11.0. The van der Waals surface area contributed by atoms with Gasteiger partial charge in [-0.1, -0.05) is 0 Å². The molecule has 2 heterocycles. The fourth-order valence-corrected chi connectivity index (χ4v) is 1.70. The average Bonchev–Trinajstić information content (AvgIpc) is 2.29. The van der Waals surface area contributed by atoms with Crippen LogP contribution in [0.15, 0.2) is 35.3 Å². The van der Waals surface area contributed by atoms with E-state index in [4.69, 9.17) is 4.74 Å². The topological polar surface area (TPSA) is 47.9 Å². The van der Waals surface area contributed by atoms with Crippen LogP contribution in [0.2, 0.25) is 0 Å². The summed E-state index contributed by atoms with van der Waals surface area (Å²) in [4.78, 5) is 12.3. The molecule has 2 rings (SSSR count). The van der Waals surface area contributed by atoms with Crippen LogP contribution in [0, 0.1) is 6.92 Å². The third-order valence-electron chi connectivity index (χ3n) is 1.95. The highest BCUT2D eigenvalue weighted by Gasteiger charge is 2.03. The highest BCUT2D eigenvalue weighted by molar-refractivity contribution is 9.10. The van der Waals surface area contributed by atoms with Crippen LogP contribution in [0.25, 0.3) is 0 Å². The van der Waals surface area contributed by atoms with Gasteiger partial charge in [-0.2, -0.15) is 0 Å². The van der Waals surface area contributed by atoms with Gasteiger partial charge in [0.15, 0.2) is 5.75 Å². The second kappa shape index (κ2) is 5.03. The average molecular weight is 280 g/mol. The molecule has 0 atom stereocenters. The van der Waals surface area contributed by atoms with Crippen LogP contribution < -0.4 is 4.74 Å². The van der Waals surface area contributed by atoms with E-state index in [1.54, 1.807) is 18.6 Å². The number of aryl methyl sites for hydroxylation is 1. The highest BCUT2D eigenvalue weighted by atomic mass is 79.9. The summed E-state index contributed by atoms with van der Waals surface area (Å²) in [6.07, 6.45) is 4.95. The predicted octanol–water partition coefficient (Wildman–Crippen LogP) is 2.52. The SMILES string of the molecule is Cc1ccc(OCc2cnccn2)c(Br)n1. The Morgan fingerprint density at radius 1 is 1.31 bits per heavy atom. The Kier molecular flexibility index (Phi) is 3.46. The van der Waals surface area contributed by atoms with Crippen molar-refractivity contribution in [2.24, 2.45) is 0 Å². The van der Waals surface area contributed by atoms with Crippen molar-refractivity contribution in [2.75, 3.05) is 0 Å².